The first kappa shape index (κ1) is 89.4. The summed E-state index contributed by atoms with van der Waals surface area (Å²) in [6.07, 6.45) is -3.98. The van der Waals surface area contributed by atoms with Crippen LogP contribution in [0, 0.1) is 0 Å². The van der Waals surface area contributed by atoms with Gasteiger partial charge in [-0.25, -0.2) is 0 Å². The minimum absolute atomic E-state index is 0.0952. The highest BCUT2D eigenvalue weighted by atomic mass is 79.9. The Hall–Kier alpha value is -11.5. The summed E-state index contributed by atoms with van der Waals surface area (Å²) < 4.78 is 0.601. The lowest BCUT2D eigenvalue weighted by molar-refractivity contribution is -0.140. The minimum atomic E-state index is -2.08. The highest BCUT2D eigenvalue weighted by Crippen LogP contribution is 2.24. The van der Waals surface area contributed by atoms with Crippen molar-refractivity contribution in [3.05, 3.63) is 106 Å². The number of hydrogen-bond donors (Lipinski definition) is 21. The molecule has 112 heavy (non-hydrogen) atoms. The molecule has 0 aliphatic carbocycles. The van der Waals surface area contributed by atoms with Crippen molar-refractivity contribution in [1.82, 2.24) is 73.8 Å². The molecule has 5 aromatic rings. The summed E-state index contributed by atoms with van der Waals surface area (Å²) in [5, 5.41) is 52.1. The molecule has 3 heterocycles. The van der Waals surface area contributed by atoms with Crippen LogP contribution >= 0.6 is 27.7 Å². The van der Waals surface area contributed by atoms with Crippen LogP contribution < -0.4 is 92.5 Å². The number of primary amides is 4. The standard InChI is InChI=1S/C72H96BrN19O19S/c1-36(93)60-70(110)88-51(29-39-32-79-44-12-6-4-10-42(39)44)67(107)84-46(18-21-55(75)95)62(102)89-54(35-112-27-24-49(82-37(2)94)64(104)83-47(65(105)91-60)19-22-56(76)96)68(108)85-50(28-38-14-16-41(73)17-15-38)66(106)86-52(30-40-33-80-45-13-7-5-11-43(40)45)69(109)92-72(3,25-8-9-26-74)71(111)90-48(20-23-59(99)100)63(103)87-53(31-57(77)97)61(101)81-34-58(78)98/h4-7,10-17,32-33,36,46-54,60,79-80,93H,8-9,18-31,34-35,74H2,1-3H3,(H2,75,95)(H2,76,96)(H2,77,97)(H2,78,98)(H,81,101)(H,82,94)(H,83,104)(H,84,107)(H,85,108)(H,86,106)(H,87,103)(H,88,110)(H,89,102)(H,90,111)(H,91,105)(H,92,109)(H,99,100)/t36-,46+,47+,48+,49+,50+,51+,52+,53+,54+,60+,72+/m1/s1. The molecule has 1 saturated heterocycles. The molecule has 6 rings (SSSR count). The Morgan fingerprint density at radius 1 is 0.607 bits per heavy atom. The Morgan fingerprint density at radius 2 is 1.16 bits per heavy atom. The average molecular weight is 1640 g/mol. The summed E-state index contributed by atoms with van der Waals surface area (Å²) in [5.41, 5.74) is 28.0. The molecule has 1 fully saturated rings. The van der Waals surface area contributed by atoms with E-state index in [1.54, 1.807) is 85.2 Å². The third-order valence-corrected chi connectivity index (χ3v) is 19.7. The number of aliphatic carboxylic acids is 1. The Kier molecular flexibility index (Phi) is 34.5. The fourth-order valence-corrected chi connectivity index (χ4v) is 13.4. The van der Waals surface area contributed by atoms with Crippen LogP contribution in [0.4, 0.5) is 0 Å². The van der Waals surface area contributed by atoms with E-state index in [1.165, 1.54) is 6.92 Å². The van der Waals surface area contributed by atoms with Crippen LogP contribution in [0.5, 0.6) is 0 Å². The van der Waals surface area contributed by atoms with E-state index in [4.69, 9.17) is 28.7 Å². The van der Waals surface area contributed by atoms with Crippen molar-refractivity contribution in [2.45, 2.75) is 183 Å². The molecular formula is C72H96BrN19O19S. The number of nitrogens with one attached hydrogen (secondary N) is 14. The molecule has 0 spiro atoms. The van der Waals surface area contributed by atoms with Gasteiger partial charge in [-0.3, -0.25) is 81.5 Å². The quantitative estimate of drug-likeness (QED) is 0.0169. The highest BCUT2D eigenvalue weighted by Gasteiger charge is 2.42. The van der Waals surface area contributed by atoms with Crippen molar-refractivity contribution in [3.8, 4) is 0 Å². The molecule has 0 radical (unpaired) electrons. The number of rotatable bonds is 36. The lowest BCUT2D eigenvalue weighted by Gasteiger charge is -2.34. The number of unbranched alkanes of at least 4 members (excludes halogenated alkanes) is 1. The third-order valence-electron chi connectivity index (χ3n) is 18.1. The fourth-order valence-electron chi connectivity index (χ4n) is 12.1. The molecule has 38 nitrogen and oxygen atoms in total. The first-order chi connectivity index (χ1) is 53.0. The molecule has 3 aromatic carbocycles. The number of aliphatic hydroxyl groups excluding tert-OH is 1. The van der Waals surface area contributed by atoms with Crippen molar-refractivity contribution in [2.24, 2.45) is 28.7 Å². The molecule has 26 N–H and O–H groups in total. The van der Waals surface area contributed by atoms with Crippen molar-refractivity contribution in [3.63, 3.8) is 0 Å². The van der Waals surface area contributed by atoms with Gasteiger partial charge in [0.05, 0.1) is 19.1 Å². The Balaban J connectivity index is 1.43. The van der Waals surface area contributed by atoms with E-state index < -0.39 is 230 Å². The normalized spacial score (nSPS) is 19.2. The van der Waals surface area contributed by atoms with Gasteiger partial charge < -0.3 is 113 Å². The van der Waals surface area contributed by atoms with Gasteiger partial charge in [-0.05, 0) is 112 Å². The summed E-state index contributed by atoms with van der Waals surface area (Å²) in [4.78, 5) is 241. The molecule has 0 unspecified atom stereocenters. The van der Waals surface area contributed by atoms with Crippen LogP contribution in [0.15, 0.2) is 89.7 Å². The number of carbonyl (C=O) groups excluding carboxylic acids is 16. The number of aromatic amines is 2. The second-order valence-electron chi connectivity index (χ2n) is 27.1. The number of hydrogen-bond acceptors (Lipinski definition) is 20. The molecule has 0 saturated carbocycles. The zero-order chi connectivity index (χ0) is 82.5. The van der Waals surface area contributed by atoms with E-state index >= 15 is 19.2 Å². The van der Waals surface area contributed by atoms with Crippen molar-refractivity contribution in [2.75, 3.05) is 24.6 Å². The van der Waals surface area contributed by atoms with Gasteiger partial charge >= 0.3 is 5.97 Å². The Bertz CT molecular complexity index is 4270. The van der Waals surface area contributed by atoms with Gasteiger partial charge in [0.1, 0.15) is 66.0 Å². The molecule has 1 aliphatic rings. The van der Waals surface area contributed by atoms with Crippen LogP contribution in [0.25, 0.3) is 21.8 Å². The number of carboxylic acids is 1. The van der Waals surface area contributed by atoms with Gasteiger partial charge in [-0.2, -0.15) is 11.8 Å². The maximum absolute atomic E-state index is 15.5. The number of H-pyrrole nitrogens is 2. The zero-order valence-electron chi connectivity index (χ0n) is 61.7. The van der Waals surface area contributed by atoms with Crippen LogP contribution in [0.2, 0.25) is 0 Å². The molecule has 40 heteroatoms. The topological polar surface area (TPSA) is 637 Å². The van der Waals surface area contributed by atoms with E-state index in [9.17, 15) is 72.5 Å². The number of carboxylic acid groups (broad SMARTS) is 1. The third kappa shape index (κ3) is 28.1. The molecular weight excluding hydrogens is 1550 g/mol. The van der Waals surface area contributed by atoms with E-state index in [2.05, 4.69) is 89.7 Å². The Morgan fingerprint density at radius 3 is 1.74 bits per heavy atom. The number of thioether (sulfide) groups is 1. The second-order valence-corrected chi connectivity index (χ2v) is 29.2. The summed E-state index contributed by atoms with van der Waals surface area (Å²) in [6, 6.07) is 3.08. The molecule has 16 amide bonds. The maximum atomic E-state index is 15.5. The molecule has 2 aromatic heterocycles. The van der Waals surface area contributed by atoms with E-state index in [0.717, 1.165) is 25.6 Å². The maximum Gasteiger partial charge on any atom is 0.303 e. The predicted molar refractivity (Wildman–Crippen MR) is 410 cm³/mol. The van der Waals surface area contributed by atoms with Crippen molar-refractivity contribution in [1.29, 1.82) is 0 Å². The number of benzene rings is 3. The minimum Gasteiger partial charge on any atom is -0.481 e. The van der Waals surface area contributed by atoms with E-state index in [-0.39, 0.29) is 57.2 Å². The summed E-state index contributed by atoms with van der Waals surface area (Å²) >= 11 is 4.32. The van der Waals surface area contributed by atoms with Crippen LogP contribution in [0.1, 0.15) is 108 Å². The van der Waals surface area contributed by atoms with Gasteiger partial charge in [-0.15, -0.1) is 0 Å². The van der Waals surface area contributed by atoms with Gasteiger partial charge in [0.25, 0.3) is 0 Å². The van der Waals surface area contributed by atoms with Crippen LogP contribution in [0.3, 0.4) is 0 Å². The number of nitrogens with two attached hydrogens (primary N) is 5. The zero-order valence-corrected chi connectivity index (χ0v) is 64.1. The Labute approximate surface area is 654 Å². The van der Waals surface area contributed by atoms with Crippen LogP contribution in [-0.2, 0) is 101 Å². The smallest absolute Gasteiger partial charge is 0.303 e. The molecule has 12 atom stereocenters. The molecule has 606 valence electrons. The lowest BCUT2D eigenvalue weighted by atomic mass is 9.91. The largest absolute Gasteiger partial charge is 0.481 e. The van der Waals surface area contributed by atoms with Crippen molar-refractivity contribution >= 4 is 150 Å². The van der Waals surface area contributed by atoms with E-state index in [1.807, 2.05) is 0 Å². The summed E-state index contributed by atoms with van der Waals surface area (Å²) in [7, 11) is 0. The summed E-state index contributed by atoms with van der Waals surface area (Å²) in [6.45, 7) is 2.89. The average Bonchev–Trinajstić information content (AvgIpc) is 1.51. The fraction of sp³-hybridized carbons (Fsp3) is 0.458. The molecule has 1 aliphatic heterocycles. The van der Waals surface area contributed by atoms with Crippen molar-refractivity contribution < 1.29 is 91.7 Å². The monoisotopic (exact) mass is 1640 g/mol. The number of halogens is 1. The number of fused-ring (bicyclic) bond motifs is 2. The van der Waals surface area contributed by atoms with Gasteiger partial charge in [0.15, 0.2) is 0 Å². The lowest BCUT2D eigenvalue weighted by Crippen LogP contribution is -2.64. The number of para-hydroxylation sites is 2. The first-order valence-corrected chi connectivity index (χ1v) is 37.8. The number of aliphatic hydroxyl groups is 1. The van der Waals surface area contributed by atoms with Crippen LogP contribution in [-0.4, -0.2) is 217 Å². The first-order valence-electron chi connectivity index (χ1n) is 35.8. The van der Waals surface area contributed by atoms with Gasteiger partial charge in [0.2, 0.25) is 94.5 Å². The number of aromatic nitrogens is 2. The number of amides is 16. The van der Waals surface area contributed by atoms with Gasteiger partial charge in [-0.1, -0.05) is 64.5 Å². The molecule has 0 bridgehead atoms. The second kappa shape index (κ2) is 43.2. The number of carbonyl (C=O) groups is 17. The summed E-state index contributed by atoms with van der Waals surface area (Å²) in [5.74, 6) is -18.7. The predicted octanol–water partition coefficient (Wildman–Crippen LogP) is -4.30. The van der Waals surface area contributed by atoms with E-state index in [0.29, 0.717) is 43.0 Å². The van der Waals surface area contributed by atoms with Gasteiger partial charge in [0, 0.05) is 89.9 Å². The highest BCUT2D eigenvalue weighted by molar-refractivity contribution is 9.10. The SMILES string of the molecule is CC(=O)N[C@H]1CCSC[C@@H](C(=O)N[C@@H](Cc2ccc(Br)cc2)C(=O)N[C@@H](Cc2c[nH]c3ccccc23)C(=O)N[C@@](C)(CCCCN)C(=O)N[C@@H](CCC(=O)O)C(=O)N[C@@H](CC(N)=O)C(=O)NCC(N)=O)NC(=O)[C@H](CCC(N)=O)NC(=O)[C@H](Cc2c[nH]c3ccccc23)NC(=O)[C@H]([C@@H](C)O)NC(=O)[C@H](CCC(N)=O)NC1=O.